The summed E-state index contributed by atoms with van der Waals surface area (Å²) in [5.74, 6) is -0.756. The Bertz CT molecular complexity index is 511. The number of hydrogen-bond acceptors (Lipinski definition) is 2. The molecule has 16 heavy (non-hydrogen) atoms. The Hall–Kier alpha value is -1.32. The zero-order valence-corrected chi connectivity index (χ0v) is 9.68. The van der Waals surface area contributed by atoms with Crippen LogP contribution in [0.5, 0.6) is 0 Å². The van der Waals surface area contributed by atoms with Gasteiger partial charge in [-0.15, -0.1) is 0 Å². The van der Waals surface area contributed by atoms with E-state index in [9.17, 15) is 9.59 Å². The van der Waals surface area contributed by atoms with E-state index < -0.39 is 5.91 Å². The zero-order chi connectivity index (χ0) is 11.9. The highest BCUT2D eigenvalue weighted by atomic mass is 35.5. The van der Waals surface area contributed by atoms with Crippen LogP contribution in [-0.4, -0.2) is 11.8 Å². The van der Waals surface area contributed by atoms with Crippen LogP contribution in [0.3, 0.4) is 0 Å². The van der Waals surface area contributed by atoms with E-state index in [0.717, 1.165) is 4.90 Å². The maximum Gasteiger partial charge on any atom is 0.260 e. The Kier molecular flexibility index (Phi) is 2.74. The molecule has 0 bridgehead atoms. The van der Waals surface area contributed by atoms with E-state index in [2.05, 4.69) is 6.58 Å². The maximum absolute atomic E-state index is 11.7. The van der Waals surface area contributed by atoms with Crippen molar-refractivity contribution in [1.82, 2.24) is 0 Å². The van der Waals surface area contributed by atoms with Gasteiger partial charge >= 0.3 is 0 Å². The first-order valence-electron chi connectivity index (χ1n) is 4.51. The van der Waals surface area contributed by atoms with Crippen molar-refractivity contribution in [3.8, 4) is 0 Å². The monoisotopic (exact) mass is 255 g/mol. The number of anilines is 1. The SMILES string of the molecule is C=C1CC(=O)N(c2cc(Cl)ccc2Cl)C1=O. The molecule has 0 aliphatic carbocycles. The minimum atomic E-state index is -0.422. The molecule has 5 heteroatoms. The molecule has 1 aliphatic rings. The molecule has 0 spiro atoms. The normalized spacial score (nSPS) is 16.1. The van der Waals surface area contributed by atoms with Gasteiger partial charge < -0.3 is 0 Å². The summed E-state index contributed by atoms with van der Waals surface area (Å²) in [6.45, 7) is 3.53. The predicted octanol–water partition coefficient (Wildman–Crippen LogP) is 2.81. The fourth-order valence-corrected chi connectivity index (χ4v) is 1.88. The molecular formula is C11H7Cl2NO2. The van der Waals surface area contributed by atoms with E-state index in [1.807, 2.05) is 0 Å². The van der Waals surface area contributed by atoms with Gasteiger partial charge in [0.25, 0.3) is 5.91 Å². The second-order valence-electron chi connectivity index (χ2n) is 3.41. The van der Waals surface area contributed by atoms with Crippen molar-refractivity contribution >= 4 is 40.7 Å². The highest BCUT2D eigenvalue weighted by Gasteiger charge is 2.34. The molecular weight excluding hydrogens is 249 g/mol. The lowest BCUT2D eigenvalue weighted by Crippen LogP contribution is -2.29. The van der Waals surface area contributed by atoms with Gasteiger partial charge in [0, 0.05) is 10.6 Å². The molecule has 82 valence electrons. The minimum absolute atomic E-state index is 0.0294. The topological polar surface area (TPSA) is 37.4 Å². The number of imide groups is 1. The molecule has 0 N–H and O–H groups in total. The van der Waals surface area contributed by atoms with Gasteiger partial charge in [0.15, 0.2) is 0 Å². The number of nitrogens with zero attached hydrogens (tertiary/aromatic N) is 1. The molecule has 1 aliphatic heterocycles. The summed E-state index contributed by atoms with van der Waals surface area (Å²) in [5, 5.41) is 0.721. The quantitative estimate of drug-likeness (QED) is 0.572. The number of amides is 2. The Labute approximate surface area is 102 Å². The molecule has 0 aromatic heterocycles. The van der Waals surface area contributed by atoms with E-state index in [1.54, 1.807) is 12.1 Å². The van der Waals surface area contributed by atoms with Gasteiger partial charge in [-0.05, 0) is 18.2 Å². The molecule has 0 saturated carbocycles. The van der Waals surface area contributed by atoms with Crippen molar-refractivity contribution in [1.29, 1.82) is 0 Å². The summed E-state index contributed by atoms with van der Waals surface area (Å²) < 4.78 is 0. The number of carbonyl (C=O) groups is 2. The molecule has 1 saturated heterocycles. The smallest absolute Gasteiger partial charge is 0.260 e. The maximum atomic E-state index is 11.7. The zero-order valence-electron chi connectivity index (χ0n) is 8.17. The lowest BCUT2D eigenvalue weighted by Gasteiger charge is -2.15. The Balaban J connectivity index is 2.52. The van der Waals surface area contributed by atoms with Crippen molar-refractivity contribution in [2.45, 2.75) is 6.42 Å². The van der Waals surface area contributed by atoms with Crippen LogP contribution in [0.4, 0.5) is 5.69 Å². The summed E-state index contributed by atoms with van der Waals surface area (Å²) in [4.78, 5) is 24.3. The summed E-state index contributed by atoms with van der Waals surface area (Å²) in [7, 11) is 0. The van der Waals surface area contributed by atoms with Crippen LogP contribution >= 0.6 is 23.2 Å². The molecule has 2 amide bonds. The van der Waals surface area contributed by atoms with Gasteiger partial charge in [0.1, 0.15) is 0 Å². The van der Waals surface area contributed by atoms with Crippen LogP contribution in [0.25, 0.3) is 0 Å². The van der Waals surface area contributed by atoms with E-state index in [-0.39, 0.29) is 17.9 Å². The van der Waals surface area contributed by atoms with Crippen LogP contribution in [0, 0.1) is 0 Å². The van der Waals surface area contributed by atoms with E-state index >= 15 is 0 Å². The first-order chi connectivity index (χ1) is 7.50. The van der Waals surface area contributed by atoms with Crippen molar-refractivity contribution < 1.29 is 9.59 Å². The van der Waals surface area contributed by atoms with Crippen molar-refractivity contribution in [2.24, 2.45) is 0 Å². The van der Waals surface area contributed by atoms with Crippen molar-refractivity contribution in [3.05, 3.63) is 40.4 Å². The second kappa shape index (κ2) is 3.92. The molecule has 3 nitrogen and oxygen atoms in total. The van der Waals surface area contributed by atoms with Gasteiger partial charge in [0.2, 0.25) is 5.91 Å². The fraction of sp³-hybridized carbons (Fsp3) is 0.0909. The number of carbonyl (C=O) groups excluding carboxylic acids is 2. The standard InChI is InChI=1S/C11H7Cl2NO2/c1-6-4-10(15)14(11(6)16)9-5-7(12)2-3-8(9)13/h2-3,5H,1,4H2. The summed E-state index contributed by atoms with van der Waals surface area (Å²) >= 11 is 11.7. The van der Waals surface area contributed by atoms with Crippen LogP contribution in [-0.2, 0) is 9.59 Å². The number of hydrogen-bond donors (Lipinski definition) is 0. The Morgan fingerprint density at radius 3 is 2.50 bits per heavy atom. The predicted molar refractivity (Wildman–Crippen MR) is 62.7 cm³/mol. The van der Waals surface area contributed by atoms with Gasteiger partial charge in [-0.1, -0.05) is 29.8 Å². The first-order valence-corrected chi connectivity index (χ1v) is 5.26. The van der Waals surface area contributed by atoms with Gasteiger partial charge in [-0.3, -0.25) is 9.59 Å². The highest BCUT2D eigenvalue weighted by molar-refractivity contribution is 6.38. The minimum Gasteiger partial charge on any atom is -0.274 e. The van der Waals surface area contributed by atoms with Gasteiger partial charge in [-0.25, -0.2) is 4.90 Å². The Morgan fingerprint density at radius 2 is 1.94 bits per heavy atom. The second-order valence-corrected chi connectivity index (χ2v) is 4.25. The summed E-state index contributed by atoms with van der Waals surface area (Å²) in [6, 6.07) is 4.62. The molecule has 0 radical (unpaired) electrons. The third-order valence-corrected chi connectivity index (χ3v) is 2.82. The third kappa shape index (κ3) is 1.72. The molecule has 1 heterocycles. The molecule has 2 rings (SSSR count). The summed E-state index contributed by atoms with van der Waals surface area (Å²) in [5.41, 5.74) is 0.573. The van der Waals surface area contributed by atoms with Crippen molar-refractivity contribution in [3.63, 3.8) is 0 Å². The molecule has 0 unspecified atom stereocenters. The van der Waals surface area contributed by atoms with Crippen LogP contribution < -0.4 is 4.90 Å². The van der Waals surface area contributed by atoms with Crippen molar-refractivity contribution in [2.75, 3.05) is 4.90 Å². The molecule has 1 aromatic rings. The molecule has 1 aromatic carbocycles. The van der Waals surface area contributed by atoms with Crippen LogP contribution in [0.2, 0.25) is 10.0 Å². The van der Waals surface area contributed by atoms with E-state index in [0.29, 0.717) is 15.7 Å². The lowest BCUT2D eigenvalue weighted by atomic mass is 10.2. The third-order valence-electron chi connectivity index (χ3n) is 2.27. The number of halogens is 2. The largest absolute Gasteiger partial charge is 0.274 e. The van der Waals surface area contributed by atoms with Gasteiger partial charge in [-0.2, -0.15) is 0 Å². The molecule has 1 fully saturated rings. The average molecular weight is 256 g/mol. The van der Waals surface area contributed by atoms with E-state index in [4.69, 9.17) is 23.2 Å². The number of rotatable bonds is 1. The van der Waals surface area contributed by atoms with E-state index in [1.165, 1.54) is 6.07 Å². The van der Waals surface area contributed by atoms with Crippen LogP contribution in [0.1, 0.15) is 6.42 Å². The fourth-order valence-electron chi connectivity index (χ4n) is 1.51. The average Bonchev–Trinajstić information content (AvgIpc) is 2.46. The molecule has 0 atom stereocenters. The van der Waals surface area contributed by atoms with Crippen LogP contribution in [0.15, 0.2) is 30.4 Å². The number of benzene rings is 1. The summed E-state index contributed by atoms with van der Waals surface area (Å²) in [6.07, 6.45) is 0.0294. The first kappa shape index (κ1) is 11.2. The van der Waals surface area contributed by atoms with Gasteiger partial charge in [0.05, 0.1) is 17.1 Å². The Morgan fingerprint density at radius 1 is 1.25 bits per heavy atom. The highest BCUT2D eigenvalue weighted by Crippen LogP contribution is 2.33. The lowest BCUT2D eigenvalue weighted by molar-refractivity contribution is -0.120.